The fourth-order valence-electron chi connectivity index (χ4n) is 4.80. The summed E-state index contributed by atoms with van der Waals surface area (Å²) in [6, 6.07) is 5.17. The Morgan fingerprint density at radius 1 is 1.05 bits per heavy atom. The molecule has 0 spiro atoms. The van der Waals surface area contributed by atoms with E-state index in [4.69, 9.17) is 8.85 Å². The Morgan fingerprint density at radius 2 is 1.86 bits per heavy atom. The zero-order valence-electron chi connectivity index (χ0n) is 26.5. The summed E-state index contributed by atoms with van der Waals surface area (Å²) in [4.78, 5) is 42.5. The molecule has 0 atom stereocenters. The second-order valence-electron chi connectivity index (χ2n) is 10.4. The number of methoxy groups -OCH3 is 1. The molecule has 0 bridgehead atoms. The fourth-order valence-corrected chi connectivity index (χ4v) is 4.80. The summed E-state index contributed by atoms with van der Waals surface area (Å²) in [5.41, 5.74) is 0.333. The van der Waals surface area contributed by atoms with Crippen molar-refractivity contribution in [2.75, 3.05) is 57.9 Å². The van der Waals surface area contributed by atoms with E-state index in [1.165, 1.54) is 23.9 Å². The Labute approximate surface area is 246 Å². The largest absolute Gasteiger partial charge is 0.494 e. The van der Waals surface area contributed by atoms with E-state index in [2.05, 4.69) is 30.8 Å². The number of aryl methyl sites for hydroxylation is 1. The molecule has 1 aliphatic carbocycles. The molecule has 3 amide bonds. The number of halogens is 1. The first-order valence-electron chi connectivity index (χ1n) is 15.0. The van der Waals surface area contributed by atoms with Gasteiger partial charge in [0, 0.05) is 61.4 Å². The van der Waals surface area contributed by atoms with Crippen LogP contribution < -0.4 is 20.7 Å². The third-order valence-electron chi connectivity index (χ3n) is 7.23. The summed E-state index contributed by atoms with van der Waals surface area (Å²) in [7, 11) is 4.99. The topological polar surface area (TPSA) is 147 Å². The van der Waals surface area contributed by atoms with Crippen LogP contribution in [0, 0.1) is 11.7 Å². The van der Waals surface area contributed by atoms with Crippen molar-refractivity contribution in [2.24, 2.45) is 13.0 Å². The first-order valence-corrected chi connectivity index (χ1v) is 13.5. The van der Waals surface area contributed by atoms with Crippen molar-refractivity contribution < 1.29 is 27.6 Å². The number of rotatable bonds is 8. The quantitative estimate of drug-likeness (QED) is 0.364. The molecule has 1 aliphatic heterocycles. The van der Waals surface area contributed by atoms with Crippen molar-refractivity contribution in [1.82, 2.24) is 35.1 Å². The van der Waals surface area contributed by atoms with Gasteiger partial charge in [0.1, 0.15) is 11.5 Å². The Morgan fingerprint density at radius 3 is 2.60 bits per heavy atom. The van der Waals surface area contributed by atoms with Gasteiger partial charge in [-0.15, -0.1) is 10.2 Å². The molecule has 3 aromatic rings. The van der Waals surface area contributed by atoms with E-state index in [9.17, 15) is 14.4 Å². The number of aromatic nitrogens is 4. The predicted molar refractivity (Wildman–Crippen MR) is 153 cm³/mol. The number of carbonyl (C=O) groups is 3. The van der Waals surface area contributed by atoms with Crippen LogP contribution in [0.3, 0.4) is 0 Å². The molecule has 13 nitrogen and oxygen atoms in total. The highest BCUT2D eigenvalue weighted by Crippen LogP contribution is 2.39. The highest BCUT2D eigenvalue weighted by atomic mass is 19.1. The Balaban J connectivity index is 1.50. The average molecular weight is 583 g/mol. The maximum Gasteiger partial charge on any atom is 0.273 e. The van der Waals surface area contributed by atoms with Gasteiger partial charge < -0.3 is 30.5 Å². The summed E-state index contributed by atoms with van der Waals surface area (Å²) in [5, 5.41) is 19.6. The van der Waals surface area contributed by atoms with E-state index in [1.54, 1.807) is 18.0 Å². The lowest BCUT2D eigenvalue weighted by atomic mass is 10.1. The van der Waals surface area contributed by atoms with Crippen LogP contribution in [-0.2, 0) is 11.8 Å². The molecule has 0 radical (unpaired) electrons. The van der Waals surface area contributed by atoms with Gasteiger partial charge in [0.25, 0.3) is 11.8 Å². The number of carbonyl (C=O) groups excluding carboxylic acids is 3. The lowest BCUT2D eigenvalue weighted by Gasteiger charge is -2.20. The lowest BCUT2D eigenvalue weighted by molar-refractivity contribution is -0.117. The van der Waals surface area contributed by atoms with Gasteiger partial charge in [-0.2, -0.15) is 5.10 Å². The molecule has 0 unspecified atom stereocenters. The zero-order valence-corrected chi connectivity index (χ0v) is 23.5. The maximum absolute atomic E-state index is 15.2. The second-order valence-corrected chi connectivity index (χ2v) is 10.4. The number of hydrogen-bond donors (Lipinski definition) is 3. The molecule has 1 aromatic carbocycles. The molecule has 3 N–H and O–H groups in total. The van der Waals surface area contributed by atoms with Crippen molar-refractivity contribution in [3.05, 3.63) is 41.5 Å². The van der Waals surface area contributed by atoms with Crippen molar-refractivity contribution >= 4 is 34.9 Å². The lowest BCUT2D eigenvalue weighted by Crippen LogP contribution is -2.35. The van der Waals surface area contributed by atoms with Gasteiger partial charge in [-0.05, 0) is 45.0 Å². The maximum atomic E-state index is 15.2. The van der Waals surface area contributed by atoms with Crippen molar-refractivity contribution in [3.63, 3.8) is 0 Å². The minimum Gasteiger partial charge on any atom is -0.494 e. The summed E-state index contributed by atoms with van der Waals surface area (Å²) in [6.07, 6.45) is 2.31. The highest BCUT2D eigenvalue weighted by molar-refractivity contribution is 6.00. The number of likely N-dealkylation sites (N-methyl/N-ethyl adjacent to an activating group) is 1. The van der Waals surface area contributed by atoms with Crippen LogP contribution in [-0.4, -0.2) is 94.8 Å². The molecule has 2 aliphatic rings. The molecular weight excluding hydrogens is 545 g/mol. The molecule has 222 valence electrons. The molecule has 2 aromatic heterocycles. The van der Waals surface area contributed by atoms with Gasteiger partial charge in [0.15, 0.2) is 17.3 Å². The van der Waals surface area contributed by atoms with Gasteiger partial charge >= 0.3 is 0 Å². The first kappa shape index (κ1) is 25.1. The van der Waals surface area contributed by atoms with Crippen LogP contribution in [0.5, 0.6) is 5.75 Å². The average Bonchev–Trinajstić information content (AvgIpc) is 3.77. The Kier molecular flexibility index (Phi) is 7.25. The first-order chi connectivity index (χ1) is 21.3. The molecular formula is C28H34FN9O4. The number of nitrogens with zero attached hydrogens (tertiary/aromatic N) is 6. The van der Waals surface area contributed by atoms with Gasteiger partial charge in [0.05, 0.1) is 24.2 Å². The van der Waals surface area contributed by atoms with Gasteiger partial charge in [-0.1, -0.05) is 0 Å². The number of anilines is 3. The SMILES string of the molecule is [2H]C([2H])([2H])NC(=O)c1nnc(NC(=O)C2CC2)cc1Nc1cc(F)cc(-c2cc(C(=O)N3CCCN(C)CC3)n(C)n2)c1OC. The molecule has 1 saturated heterocycles. The van der Waals surface area contributed by atoms with Gasteiger partial charge in [0.2, 0.25) is 5.91 Å². The standard InChI is InChI=1S/C28H34FN9O4/c1-30-27(40)24-20(15-23(33-34-24)32-26(39)16-6-7-16)31-21-13-17(29)12-18(25(21)42-4)19-14-22(37(3)35-19)28(41)38-9-5-8-36(2)10-11-38/h12-16H,5-11H2,1-4H3,(H,30,40)(H2,31,32,33,39)/i1D3. The summed E-state index contributed by atoms with van der Waals surface area (Å²) < 4.78 is 44.5. The number of hydrogen-bond acceptors (Lipinski definition) is 9. The number of amides is 3. The number of nitrogens with one attached hydrogen (secondary N) is 3. The van der Waals surface area contributed by atoms with Crippen LogP contribution in [0.4, 0.5) is 21.6 Å². The number of benzene rings is 1. The van der Waals surface area contributed by atoms with Crippen molar-refractivity contribution in [2.45, 2.75) is 19.3 Å². The van der Waals surface area contributed by atoms with E-state index in [0.29, 0.717) is 18.8 Å². The van der Waals surface area contributed by atoms with Crippen LogP contribution in [0.1, 0.15) is 44.4 Å². The molecule has 1 saturated carbocycles. The van der Waals surface area contributed by atoms with E-state index in [-0.39, 0.29) is 51.9 Å². The molecule has 14 heteroatoms. The summed E-state index contributed by atoms with van der Waals surface area (Å²) >= 11 is 0. The van der Waals surface area contributed by atoms with Gasteiger partial charge in [-0.25, -0.2) is 4.39 Å². The van der Waals surface area contributed by atoms with Crippen LogP contribution >= 0.6 is 0 Å². The van der Waals surface area contributed by atoms with Crippen LogP contribution in [0.2, 0.25) is 0 Å². The van der Waals surface area contributed by atoms with Crippen LogP contribution in [0.25, 0.3) is 11.3 Å². The smallest absolute Gasteiger partial charge is 0.273 e. The van der Waals surface area contributed by atoms with E-state index in [0.717, 1.165) is 38.4 Å². The Bertz CT molecular complexity index is 1630. The highest BCUT2D eigenvalue weighted by Gasteiger charge is 2.30. The van der Waals surface area contributed by atoms with Crippen LogP contribution in [0.15, 0.2) is 24.3 Å². The number of ether oxygens (including phenoxy) is 1. The van der Waals surface area contributed by atoms with E-state index in [1.807, 2.05) is 12.4 Å². The molecule has 2 fully saturated rings. The van der Waals surface area contributed by atoms with E-state index < -0.39 is 24.4 Å². The zero-order chi connectivity index (χ0) is 32.5. The monoisotopic (exact) mass is 582 g/mol. The summed E-state index contributed by atoms with van der Waals surface area (Å²) in [5.74, 6) is -2.27. The minimum atomic E-state index is -2.82. The Hall–Kier alpha value is -4.59. The summed E-state index contributed by atoms with van der Waals surface area (Å²) in [6.45, 7) is -0.0330. The van der Waals surface area contributed by atoms with E-state index >= 15 is 4.39 Å². The molecule has 5 rings (SSSR count). The third kappa shape index (κ3) is 6.17. The van der Waals surface area contributed by atoms with Crippen molar-refractivity contribution in [1.29, 1.82) is 0 Å². The normalized spacial score (nSPS) is 17.0. The van der Waals surface area contributed by atoms with Crippen molar-refractivity contribution in [3.8, 4) is 17.0 Å². The fraction of sp³-hybridized carbons (Fsp3) is 0.429. The molecule has 42 heavy (non-hydrogen) atoms. The van der Waals surface area contributed by atoms with Gasteiger partial charge in [-0.3, -0.25) is 19.1 Å². The second kappa shape index (κ2) is 12.1. The third-order valence-corrected chi connectivity index (χ3v) is 7.23. The predicted octanol–water partition coefficient (Wildman–Crippen LogP) is 2.25. The molecule has 3 heterocycles. The minimum absolute atomic E-state index is 0.00279.